The highest BCUT2D eigenvalue weighted by molar-refractivity contribution is 5.87. The van der Waals surface area contributed by atoms with Crippen molar-refractivity contribution >= 4 is 18.1 Å². The third-order valence-electron chi connectivity index (χ3n) is 3.32. The van der Waals surface area contributed by atoms with Crippen LogP contribution in [0.25, 0.3) is 12.2 Å². The maximum atomic E-state index is 10.8. The van der Waals surface area contributed by atoms with Gasteiger partial charge in [0.25, 0.3) is 0 Å². The van der Waals surface area contributed by atoms with Crippen molar-refractivity contribution in [2.75, 3.05) is 0 Å². The Hall–Kier alpha value is -3.40. The highest BCUT2D eigenvalue weighted by Crippen LogP contribution is 2.22. The van der Waals surface area contributed by atoms with E-state index in [-0.39, 0.29) is 5.56 Å². The molecule has 0 fully saturated rings. The van der Waals surface area contributed by atoms with Crippen LogP contribution in [-0.2, 0) is 0 Å². The predicted molar refractivity (Wildman–Crippen MR) is 93.1 cm³/mol. The summed E-state index contributed by atoms with van der Waals surface area (Å²) in [4.78, 5) is 14.9. The number of aromatic nitrogens is 1. The van der Waals surface area contributed by atoms with Crippen LogP contribution in [0.15, 0.2) is 72.9 Å². The van der Waals surface area contributed by atoms with E-state index in [0.29, 0.717) is 5.69 Å². The fourth-order valence-corrected chi connectivity index (χ4v) is 2.12. The molecule has 0 spiro atoms. The van der Waals surface area contributed by atoms with E-state index < -0.39 is 5.97 Å². The molecule has 0 aliphatic rings. The summed E-state index contributed by atoms with van der Waals surface area (Å²) in [5, 5.41) is 8.86. The highest BCUT2D eigenvalue weighted by Gasteiger charge is 2.01. The summed E-state index contributed by atoms with van der Waals surface area (Å²) in [6, 6.07) is 20.5. The molecule has 2 aromatic carbocycles. The molecule has 1 heterocycles. The summed E-state index contributed by atoms with van der Waals surface area (Å²) in [7, 11) is 0. The van der Waals surface area contributed by atoms with Crippen LogP contribution in [0.3, 0.4) is 0 Å². The zero-order valence-electron chi connectivity index (χ0n) is 12.8. The molecule has 0 aliphatic carbocycles. The van der Waals surface area contributed by atoms with Crippen molar-refractivity contribution < 1.29 is 14.6 Å². The average molecular weight is 317 g/mol. The Balaban J connectivity index is 1.73. The van der Waals surface area contributed by atoms with Gasteiger partial charge in [0, 0.05) is 6.20 Å². The van der Waals surface area contributed by atoms with Crippen molar-refractivity contribution in [3.8, 4) is 11.5 Å². The number of nitrogens with zero attached hydrogens (tertiary/aromatic N) is 1. The lowest BCUT2D eigenvalue weighted by atomic mass is 10.1. The van der Waals surface area contributed by atoms with Crippen LogP contribution in [0.5, 0.6) is 11.5 Å². The molecule has 0 saturated heterocycles. The first-order valence-corrected chi connectivity index (χ1v) is 7.41. The van der Waals surface area contributed by atoms with Crippen LogP contribution in [0.2, 0.25) is 0 Å². The van der Waals surface area contributed by atoms with E-state index in [1.54, 1.807) is 6.07 Å². The van der Waals surface area contributed by atoms with E-state index in [9.17, 15) is 4.79 Å². The van der Waals surface area contributed by atoms with Gasteiger partial charge in [0.15, 0.2) is 0 Å². The first-order chi connectivity index (χ1) is 11.7. The highest BCUT2D eigenvalue weighted by atomic mass is 16.5. The second-order valence-corrected chi connectivity index (χ2v) is 5.10. The van der Waals surface area contributed by atoms with Gasteiger partial charge in [-0.2, -0.15) is 0 Å². The zero-order chi connectivity index (χ0) is 16.8. The minimum absolute atomic E-state index is 0.172. The topological polar surface area (TPSA) is 59.4 Å². The summed E-state index contributed by atoms with van der Waals surface area (Å²) >= 11 is 0. The Morgan fingerprint density at radius 3 is 2.42 bits per heavy atom. The molecule has 1 N–H and O–H groups in total. The van der Waals surface area contributed by atoms with Gasteiger partial charge in [-0.1, -0.05) is 36.4 Å². The van der Waals surface area contributed by atoms with Gasteiger partial charge < -0.3 is 9.84 Å². The van der Waals surface area contributed by atoms with Crippen molar-refractivity contribution in [2.24, 2.45) is 0 Å². The van der Waals surface area contributed by atoms with Crippen molar-refractivity contribution in [3.63, 3.8) is 0 Å². The Morgan fingerprint density at radius 2 is 1.71 bits per heavy atom. The van der Waals surface area contributed by atoms with Gasteiger partial charge in [0.1, 0.15) is 11.5 Å². The molecular formula is C20H15NO3. The van der Waals surface area contributed by atoms with E-state index >= 15 is 0 Å². The number of carboxylic acid groups (broad SMARTS) is 1. The number of pyridine rings is 1. The van der Waals surface area contributed by atoms with E-state index in [1.165, 1.54) is 12.3 Å². The molecule has 0 unspecified atom stereocenters. The normalized spacial score (nSPS) is 10.7. The lowest BCUT2D eigenvalue weighted by Gasteiger charge is -2.05. The van der Waals surface area contributed by atoms with Gasteiger partial charge in [-0.25, -0.2) is 4.79 Å². The number of benzene rings is 2. The van der Waals surface area contributed by atoms with Gasteiger partial charge in [-0.3, -0.25) is 4.98 Å². The van der Waals surface area contributed by atoms with E-state index in [2.05, 4.69) is 4.98 Å². The quantitative estimate of drug-likeness (QED) is 0.738. The maximum absolute atomic E-state index is 10.8. The third-order valence-corrected chi connectivity index (χ3v) is 3.32. The maximum Gasteiger partial charge on any atom is 0.337 e. The monoisotopic (exact) mass is 317 g/mol. The van der Waals surface area contributed by atoms with E-state index in [4.69, 9.17) is 9.84 Å². The molecule has 0 atom stereocenters. The molecule has 0 aliphatic heterocycles. The molecule has 0 bridgehead atoms. The van der Waals surface area contributed by atoms with Gasteiger partial charge in [-0.15, -0.1) is 0 Å². The van der Waals surface area contributed by atoms with Crippen molar-refractivity contribution in [2.45, 2.75) is 0 Å². The first-order valence-electron chi connectivity index (χ1n) is 7.41. The van der Waals surface area contributed by atoms with Crippen LogP contribution >= 0.6 is 0 Å². The summed E-state index contributed by atoms with van der Waals surface area (Å²) < 4.78 is 5.80. The molecule has 4 heteroatoms. The Morgan fingerprint density at radius 1 is 0.917 bits per heavy atom. The minimum Gasteiger partial charge on any atom is -0.478 e. The molecule has 0 radical (unpaired) electrons. The second kappa shape index (κ2) is 7.24. The number of aromatic carboxylic acids is 1. The summed E-state index contributed by atoms with van der Waals surface area (Å²) in [5.41, 5.74) is 1.83. The van der Waals surface area contributed by atoms with Crippen molar-refractivity contribution in [1.29, 1.82) is 0 Å². The van der Waals surface area contributed by atoms with Crippen LogP contribution < -0.4 is 4.74 Å². The van der Waals surface area contributed by atoms with Crippen LogP contribution in [0, 0.1) is 0 Å². The van der Waals surface area contributed by atoms with Gasteiger partial charge >= 0.3 is 5.97 Å². The molecule has 4 nitrogen and oxygen atoms in total. The molecular weight excluding hydrogens is 302 g/mol. The standard InChI is InChI=1S/C20H15NO3/c22-20(23)16-10-12-17(21-14-16)11-9-15-5-4-8-19(13-15)24-18-6-2-1-3-7-18/h1-14H,(H,22,23)/b11-9+. The summed E-state index contributed by atoms with van der Waals surface area (Å²) in [5.74, 6) is 0.547. The van der Waals surface area contributed by atoms with Crippen LogP contribution in [0.1, 0.15) is 21.6 Å². The first kappa shape index (κ1) is 15.5. The van der Waals surface area contributed by atoms with E-state index in [0.717, 1.165) is 17.1 Å². The lowest BCUT2D eigenvalue weighted by Crippen LogP contribution is -1.96. The molecule has 0 amide bonds. The number of hydrogen-bond acceptors (Lipinski definition) is 3. The fourth-order valence-electron chi connectivity index (χ4n) is 2.12. The number of ether oxygens (including phenoxy) is 1. The Kier molecular flexibility index (Phi) is 4.68. The number of rotatable bonds is 5. The number of carbonyl (C=O) groups is 1. The lowest BCUT2D eigenvalue weighted by molar-refractivity contribution is 0.0696. The Bertz CT molecular complexity index is 856. The van der Waals surface area contributed by atoms with Crippen molar-refractivity contribution in [3.05, 3.63) is 89.7 Å². The molecule has 3 rings (SSSR count). The largest absolute Gasteiger partial charge is 0.478 e. The van der Waals surface area contributed by atoms with E-state index in [1.807, 2.05) is 66.7 Å². The van der Waals surface area contributed by atoms with Crippen molar-refractivity contribution in [1.82, 2.24) is 4.98 Å². The smallest absolute Gasteiger partial charge is 0.337 e. The van der Waals surface area contributed by atoms with Crippen LogP contribution in [0.4, 0.5) is 0 Å². The number of hydrogen-bond donors (Lipinski definition) is 1. The zero-order valence-corrected chi connectivity index (χ0v) is 12.8. The average Bonchev–Trinajstić information content (AvgIpc) is 2.61. The molecule has 118 valence electrons. The van der Waals surface area contributed by atoms with Gasteiger partial charge in [0.2, 0.25) is 0 Å². The predicted octanol–water partition coefficient (Wildman–Crippen LogP) is 4.74. The minimum atomic E-state index is -0.983. The number of para-hydroxylation sites is 1. The van der Waals surface area contributed by atoms with Gasteiger partial charge in [-0.05, 0) is 48.0 Å². The molecule has 24 heavy (non-hydrogen) atoms. The second-order valence-electron chi connectivity index (χ2n) is 5.10. The molecule has 1 aromatic heterocycles. The molecule has 3 aromatic rings. The summed E-state index contributed by atoms with van der Waals surface area (Å²) in [6.07, 6.45) is 5.07. The third kappa shape index (κ3) is 4.08. The summed E-state index contributed by atoms with van der Waals surface area (Å²) in [6.45, 7) is 0. The molecule has 0 saturated carbocycles. The Labute approximate surface area is 139 Å². The van der Waals surface area contributed by atoms with Crippen LogP contribution in [-0.4, -0.2) is 16.1 Å². The SMILES string of the molecule is O=C(O)c1ccc(/C=C/c2cccc(Oc3ccccc3)c2)nc1. The number of carboxylic acids is 1. The van der Waals surface area contributed by atoms with Gasteiger partial charge in [0.05, 0.1) is 11.3 Å². The fraction of sp³-hybridized carbons (Fsp3) is 0.